The summed E-state index contributed by atoms with van der Waals surface area (Å²) in [7, 11) is 0. The number of hydrogen-bond donors (Lipinski definition) is 0. The van der Waals surface area contributed by atoms with E-state index in [-0.39, 0.29) is 6.10 Å². The molecule has 2 aromatic rings. The Kier molecular flexibility index (Phi) is 4.50. The van der Waals surface area contributed by atoms with Gasteiger partial charge < -0.3 is 4.74 Å². The third-order valence-corrected chi connectivity index (χ3v) is 3.23. The Morgan fingerprint density at radius 3 is 2.38 bits per heavy atom. The van der Waals surface area contributed by atoms with E-state index in [4.69, 9.17) is 11.2 Å². The van der Waals surface area contributed by atoms with Crippen LogP contribution in [-0.2, 0) is 0 Å². The highest BCUT2D eigenvalue weighted by atomic mass is 16.5. The van der Waals surface area contributed by atoms with Gasteiger partial charge in [0.25, 0.3) is 0 Å². The van der Waals surface area contributed by atoms with Crippen LogP contribution in [-0.4, -0.2) is 6.10 Å². The van der Waals surface area contributed by atoms with Crippen molar-refractivity contribution in [3.05, 3.63) is 71.3 Å². The Bertz CT molecular complexity index is 685. The molecule has 21 heavy (non-hydrogen) atoms. The van der Waals surface area contributed by atoms with Gasteiger partial charge in [-0.25, -0.2) is 0 Å². The molecule has 2 aromatic carbocycles. The van der Waals surface area contributed by atoms with Crippen LogP contribution in [0.25, 0.3) is 5.57 Å². The standard InChI is InChI=1S/C20H20O/c1-6-17-9-12-20(21-14(2)3)19(13-17)16(5)18-10-7-15(4)8-11-18/h1,7-14H,5H2,2-4H3. The van der Waals surface area contributed by atoms with Crippen molar-refractivity contribution >= 4 is 5.57 Å². The molecule has 0 saturated carbocycles. The van der Waals surface area contributed by atoms with E-state index in [1.54, 1.807) is 0 Å². The van der Waals surface area contributed by atoms with Crippen molar-refractivity contribution in [2.45, 2.75) is 26.9 Å². The molecule has 0 aliphatic carbocycles. The Balaban J connectivity index is 2.47. The summed E-state index contributed by atoms with van der Waals surface area (Å²) in [5.41, 5.74) is 4.99. The van der Waals surface area contributed by atoms with Gasteiger partial charge in [0.1, 0.15) is 5.75 Å². The number of rotatable bonds is 4. The van der Waals surface area contributed by atoms with Gasteiger partial charge in [0.15, 0.2) is 0 Å². The second-order valence-corrected chi connectivity index (χ2v) is 5.37. The lowest BCUT2D eigenvalue weighted by Gasteiger charge is -2.16. The molecule has 106 valence electrons. The van der Waals surface area contributed by atoms with Crippen LogP contribution in [0, 0.1) is 19.3 Å². The molecule has 0 atom stereocenters. The van der Waals surface area contributed by atoms with E-state index in [2.05, 4.69) is 43.7 Å². The molecular formula is C20H20O. The van der Waals surface area contributed by atoms with Crippen molar-refractivity contribution in [1.82, 2.24) is 0 Å². The van der Waals surface area contributed by atoms with Crippen LogP contribution in [0.5, 0.6) is 5.75 Å². The van der Waals surface area contributed by atoms with E-state index in [1.165, 1.54) is 5.56 Å². The third-order valence-electron chi connectivity index (χ3n) is 3.23. The van der Waals surface area contributed by atoms with E-state index in [9.17, 15) is 0 Å². The molecule has 0 N–H and O–H groups in total. The second-order valence-electron chi connectivity index (χ2n) is 5.37. The van der Waals surface area contributed by atoms with Gasteiger partial charge in [0.05, 0.1) is 6.10 Å². The number of benzene rings is 2. The summed E-state index contributed by atoms with van der Waals surface area (Å²) >= 11 is 0. The van der Waals surface area contributed by atoms with E-state index >= 15 is 0 Å². The SMILES string of the molecule is C#Cc1ccc(OC(C)C)c(C(=C)c2ccc(C)cc2)c1. The first-order valence-electron chi connectivity index (χ1n) is 7.05. The fourth-order valence-electron chi connectivity index (χ4n) is 2.12. The molecule has 0 heterocycles. The fraction of sp³-hybridized carbons (Fsp3) is 0.200. The minimum atomic E-state index is 0.103. The molecule has 0 unspecified atom stereocenters. The second kappa shape index (κ2) is 6.33. The summed E-state index contributed by atoms with van der Waals surface area (Å²) in [6, 6.07) is 14.1. The number of aryl methyl sites for hydroxylation is 1. The van der Waals surface area contributed by atoms with Crippen molar-refractivity contribution in [3.8, 4) is 18.1 Å². The van der Waals surface area contributed by atoms with E-state index < -0.39 is 0 Å². The maximum absolute atomic E-state index is 5.88. The van der Waals surface area contributed by atoms with Crippen LogP contribution >= 0.6 is 0 Å². The van der Waals surface area contributed by atoms with E-state index in [0.717, 1.165) is 28.0 Å². The monoisotopic (exact) mass is 276 g/mol. The molecule has 1 nitrogen and oxygen atoms in total. The van der Waals surface area contributed by atoms with Gasteiger partial charge >= 0.3 is 0 Å². The quantitative estimate of drug-likeness (QED) is 0.727. The van der Waals surface area contributed by atoms with Gasteiger partial charge in [-0.1, -0.05) is 42.3 Å². The predicted molar refractivity (Wildman–Crippen MR) is 89.5 cm³/mol. The lowest BCUT2D eigenvalue weighted by Crippen LogP contribution is -2.07. The van der Waals surface area contributed by atoms with Crippen LogP contribution in [0.4, 0.5) is 0 Å². The lowest BCUT2D eigenvalue weighted by atomic mass is 9.96. The van der Waals surface area contributed by atoms with Crippen molar-refractivity contribution in [2.75, 3.05) is 0 Å². The normalized spacial score (nSPS) is 10.2. The first-order chi connectivity index (χ1) is 10.0. The average Bonchev–Trinajstić information content (AvgIpc) is 2.47. The fourth-order valence-corrected chi connectivity index (χ4v) is 2.12. The summed E-state index contributed by atoms with van der Waals surface area (Å²) < 4.78 is 5.88. The highest BCUT2D eigenvalue weighted by molar-refractivity contribution is 5.82. The molecule has 0 amide bonds. The van der Waals surface area contributed by atoms with Gasteiger partial charge in [-0.15, -0.1) is 6.42 Å². The highest BCUT2D eigenvalue weighted by Crippen LogP contribution is 2.31. The average molecular weight is 276 g/mol. The summed E-state index contributed by atoms with van der Waals surface area (Å²) in [6.45, 7) is 10.3. The molecule has 0 aromatic heterocycles. The van der Waals surface area contributed by atoms with Crippen LogP contribution in [0.2, 0.25) is 0 Å². The molecule has 0 aliphatic heterocycles. The molecule has 0 aliphatic rings. The zero-order valence-electron chi connectivity index (χ0n) is 12.8. The van der Waals surface area contributed by atoms with Gasteiger partial charge in [0, 0.05) is 11.1 Å². The minimum Gasteiger partial charge on any atom is -0.490 e. The Hall–Kier alpha value is -2.46. The molecule has 0 fully saturated rings. The first kappa shape index (κ1) is 14.9. The number of hydrogen-bond acceptors (Lipinski definition) is 1. The van der Waals surface area contributed by atoms with Gasteiger partial charge in [-0.3, -0.25) is 0 Å². The van der Waals surface area contributed by atoms with E-state index in [1.807, 2.05) is 32.0 Å². The molecule has 0 saturated heterocycles. The number of ether oxygens (including phenoxy) is 1. The lowest BCUT2D eigenvalue weighted by molar-refractivity contribution is 0.242. The zero-order chi connectivity index (χ0) is 15.4. The zero-order valence-corrected chi connectivity index (χ0v) is 12.8. The molecular weight excluding hydrogens is 256 g/mol. The predicted octanol–water partition coefficient (Wildman–Crippen LogP) is 4.83. The number of terminal acetylenes is 1. The highest BCUT2D eigenvalue weighted by Gasteiger charge is 2.11. The van der Waals surface area contributed by atoms with E-state index in [0.29, 0.717) is 0 Å². The maximum Gasteiger partial charge on any atom is 0.127 e. The Morgan fingerprint density at radius 2 is 1.81 bits per heavy atom. The molecule has 0 spiro atoms. The maximum atomic E-state index is 5.88. The summed E-state index contributed by atoms with van der Waals surface area (Å²) in [4.78, 5) is 0. The van der Waals surface area contributed by atoms with Crippen LogP contribution in [0.1, 0.15) is 36.1 Å². The van der Waals surface area contributed by atoms with Crippen molar-refractivity contribution in [3.63, 3.8) is 0 Å². The van der Waals surface area contributed by atoms with Crippen LogP contribution in [0.3, 0.4) is 0 Å². The Morgan fingerprint density at radius 1 is 1.14 bits per heavy atom. The molecule has 0 bridgehead atoms. The molecule has 1 heteroatoms. The molecule has 2 rings (SSSR count). The summed E-state index contributed by atoms with van der Waals surface area (Å²) in [5.74, 6) is 3.48. The largest absolute Gasteiger partial charge is 0.490 e. The third kappa shape index (κ3) is 3.55. The summed E-state index contributed by atoms with van der Waals surface area (Å²) in [6.07, 6.45) is 5.61. The van der Waals surface area contributed by atoms with Crippen molar-refractivity contribution < 1.29 is 4.74 Å². The topological polar surface area (TPSA) is 9.23 Å². The first-order valence-corrected chi connectivity index (χ1v) is 7.05. The smallest absolute Gasteiger partial charge is 0.127 e. The van der Waals surface area contributed by atoms with Gasteiger partial charge in [-0.05, 0) is 50.1 Å². The van der Waals surface area contributed by atoms with Crippen molar-refractivity contribution in [1.29, 1.82) is 0 Å². The minimum absolute atomic E-state index is 0.103. The van der Waals surface area contributed by atoms with Gasteiger partial charge in [-0.2, -0.15) is 0 Å². The Labute approximate surface area is 127 Å². The van der Waals surface area contributed by atoms with Crippen LogP contribution in [0.15, 0.2) is 49.0 Å². The molecule has 0 radical (unpaired) electrons. The van der Waals surface area contributed by atoms with Crippen molar-refractivity contribution in [2.24, 2.45) is 0 Å². The van der Waals surface area contributed by atoms with Crippen LogP contribution < -0.4 is 4.74 Å². The summed E-state index contributed by atoms with van der Waals surface area (Å²) in [5, 5.41) is 0. The van der Waals surface area contributed by atoms with Gasteiger partial charge in [0.2, 0.25) is 0 Å².